The minimum absolute atomic E-state index is 0.0134. The summed E-state index contributed by atoms with van der Waals surface area (Å²) in [6, 6.07) is 7.83. The molecule has 5 aliphatic rings. The predicted octanol–water partition coefficient (Wildman–Crippen LogP) is -6.25. The number of aliphatic hydroxyl groups is 6. The van der Waals surface area contributed by atoms with Gasteiger partial charge in [-0.2, -0.15) is 0 Å². The fourth-order valence-electron chi connectivity index (χ4n) is 12.4. The average Bonchev–Trinajstić information content (AvgIpc) is 1.61. The predicted molar refractivity (Wildman–Crippen MR) is 334 cm³/mol. The van der Waals surface area contributed by atoms with Crippen LogP contribution in [0.25, 0.3) is 22.3 Å². The summed E-state index contributed by atoms with van der Waals surface area (Å²) in [6.45, 7) is -1.10. The van der Waals surface area contributed by atoms with Crippen molar-refractivity contribution in [3.05, 3.63) is 97.6 Å². The van der Waals surface area contributed by atoms with E-state index in [9.17, 15) is 88.2 Å². The molecule has 2 aromatic carbocycles. The average molecular weight is 1390 g/mol. The van der Waals surface area contributed by atoms with Crippen LogP contribution in [0.4, 0.5) is 9.18 Å². The minimum atomic E-state index is -2.09. The third-order valence-electron chi connectivity index (χ3n) is 17.8. The zero-order chi connectivity index (χ0) is 71.7. The number of pyridine rings is 2. The van der Waals surface area contributed by atoms with Crippen LogP contribution in [0.5, 0.6) is 0 Å². The van der Waals surface area contributed by atoms with Gasteiger partial charge in [0.15, 0.2) is 11.7 Å². The van der Waals surface area contributed by atoms with Crippen LogP contribution in [-0.4, -0.2) is 226 Å². The minimum Gasteiger partial charge on any atom is -0.458 e. The topological polar surface area (TPSA) is 524 Å². The second-order valence-corrected chi connectivity index (χ2v) is 24.3. The zero-order valence-corrected chi connectivity index (χ0v) is 53.8. The van der Waals surface area contributed by atoms with Gasteiger partial charge in [0, 0.05) is 48.5 Å². The summed E-state index contributed by atoms with van der Waals surface area (Å²) in [5, 5.41) is 85.5. The smallest absolute Gasteiger partial charge is 0.407 e. The summed E-state index contributed by atoms with van der Waals surface area (Å²) in [7, 11) is 1.00. The molecular formula is C63H77FN12O23. The largest absolute Gasteiger partial charge is 0.458 e. The SMILES string of the molecule is CC[C@@]1(O)C(=O)OCc2c1cc1n(c2=O)Cc2c-1nc1cc(F)c(C)c3c1c2[C@@H](NC(=O)COCNC(=O)CNC(=O)[C@H](Cc1ccccc1)NC(=O)CNC(=O)CNC(=O)[C@H](CCC(=O)NC[C@H]1O[C@@H](CC(=O)NC[C@@H]2O[C@H](C(N)=O)[C@@H](O)[C@H](O)[C@H]2O)[C@H](O)[C@@H]1O)NC(=O)OC)CC3. The Kier molecular flexibility index (Phi) is 23.7. The zero-order valence-electron chi connectivity index (χ0n) is 53.8. The summed E-state index contributed by atoms with van der Waals surface area (Å²) < 4.78 is 43.0. The molecule has 0 unspecified atom stereocenters. The lowest BCUT2D eigenvalue weighted by Gasteiger charge is -2.39. The van der Waals surface area contributed by atoms with E-state index < -0.39 is 214 Å². The number of benzene rings is 2. The standard InChI is InChI=1S/C63H77FN12O23/c1-4-63(94)32-15-38-50-30(23-76(38)60(91)31(32)24-97-61(63)92)49-34(11-10-29-27(2)33(64)16-36(74-50)48(29)49)72-47(82)25-96-26-71-45(80)21-70-59(90)37(14-28-8-6-5-7-9-28)73-46(81)22-68-44(79)20-69-58(89)35(75-62(93)95-3)12-13-42(77)66-18-40-52(84)51(83)39(98-40)17-43(78)67-19-41-53(85)54(86)55(87)56(99-41)57(65)88/h5-9,15-16,34-35,37,39-41,51-56,83-87,94H,4,10-14,17-26H2,1-3H3,(H2,65,88)(H,66,77)(H,67,78)(H,68,79)(H,69,89)(H,70,90)(H,71,80)(H,72,82)(H,73,81)(H,75,93)/t34-,35-,37-,39-,40+,41-,51-,52+,53-,54+,55-,56-,63-/m0/s1. The number of carbonyl (C=O) groups is 11. The normalized spacial score (nSPS) is 23.9. The number of hydrogen-bond acceptors (Lipinski definition) is 24. The first-order chi connectivity index (χ1) is 47.1. The number of alkyl carbamates (subject to hydrolysis) is 1. The number of rotatable bonds is 28. The third kappa shape index (κ3) is 16.7. The molecule has 0 bridgehead atoms. The molecule has 2 fully saturated rings. The van der Waals surface area contributed by atoms with Crippen molar-refractivity contribution in [3.63, 3.8) is 0 Å². The van der Waals surface area contributed by atoms with E-state index in [4.69, 9.17) is 29.7 Å². The van der Waals surface area contributed by atoms with Gasteiger partial charge in [0.25, 0.3) is 5.56 Å². The number of nitrogens with one attached hydrogen (secondary N) is 9. The first kappa shape index (κ1) is 73.6. The molecule has 4 aliphatic heterocycles. The number of methoxy groups -OCH3 is 1. The molecule has 10 amide bonds. The van der Waals surface area contributed by atoms with E-state index in [0.717, 1.165) is 7.11 Å². The highest BCUT2D eigenvalue weighted by Crippen LogP contribution is 2.46. The Hall–Kier alpha value is -9.66. The van der Waals surface area contributed by atoms with E-state index in [1.807, 2.05) is 0 Å². The van der Waals surface area contributed by atoms with E-state index in [1.54, 1.807) is 44.2 Å². The van der Waals surface area contributed by atoms with Crippen molar-refractivity contribution >= 4 is 76.1 Å². The van der Waals surface area contributed by atoms with Gasteiger partial charge in [-0.05, 0) is 60.9 Å². The van der Waals surface area contributed by atoms with Gasteiger partial charge in [0.2, 0.25) is 53.2 Å². The number of cyclic esters (lactones) is 1. The Balaban J connectivity index is 0.702. The maximum Gasteiger partial charge on any atom is 0.407 e. The van der Waals surface area contributed by atoms with Gasteiger partial charge >= 0.3 is 12.1 Å². The molecule has 17 N–H and O–H groups in total. The third-order valence-corrected chi connectivity index (χ3v) is 17.8. The number of hydrogen-bond donors (Lipinski definition) is 16. The molecule has 1 aliphatic carbocycles. The highest BCUT2D eigenvalue weighted by atomic mass is 19.1. The molecule has 35 nitrogen and oxygen atoms in total. The molecule has 4 aromatic rings. The van der Waals surface area contributed by atoms with Crippen LogP contribution in [0.15, 0.2) is 47.3 Å². The number of aromatic nitrogens is 2. The molecule has 0 radical (unpaired) electrons. The lowest BCUT2D eigenvalue weighted by atomic mass is 9.81. The molecule has 2 aromatic heterocycles. The van der Waals surface area contributed by atoms with Crippen molar-refractivity contribution in [1.29, 1.82) is 0 Å². The van der Waals surface area contributed by atoms with Crippen molar-refractivity contribution in [2.24, 2.45) is 5.73 Å². The van der Waals surface area contributed by atoms with E-state index in [-0.39, 0.29) is 49.1 Å². The quantitative estimate of drug-likeness (QED) is 0.0126. The van der Waals surface area contributed by atoms with E-state index in [2.05, 4.69) is 52.6 Å². The Morgan fingerprint density at radius 2 is 1.39 bits per heavy atom. The lowest BCUT2D eigenvalue weighted by Crippen LogP contribution is -2.63. The number of nitrogens with zero attached hydrogens (tertiary/aromatic N) is 2. The molecule has 99 heavy (non-hydrogen) atoms. The summed E-state index contributed by atoms with van der Waals surface area (Å²) >= 11 is 0. The number of nitrogens with two attached hydrogens (primary N) is 1. The highest BCUT2D eigenvalue weighted by molar-refractivity contribution is 5.96. The fourth-order valence-corrected chi connectivity index (χ4v) is 12.4. The van der Waals surface area contributed by atoms with Crippen molar-refractivity contribution in [1.82, 2.24) is 57.4 Å². The van der Waals surface area contributed by atoms with Crippen molar-refractivity contribution in [2.75, 3.05) is 53.2 Å². The number of fused-ring (bicyclic) bond motifs is 5. The Labute approximate surface area is 561 Å². The van der Waals surface area contributed by atoms with Crippen LogP contribution in [0.2, 0.25) is 0 Å². The fraction of sp³-hybridized carbons (Fsp3) is 0.508. The summed E-state index contributed by atoms with van der Waals surface area (Å²) in [5.74, 6) is -8.94. The molecule has 534 valence electrons. The summed E-state index contributed by atoms with van der Waals surface area (Å²) in [5.41, 5.74) is 6.57. The molecule has 0 spiro atoms. The van der Waals surface area contributed by atoms with Crippen LogP contribution in [0.1, 0.15) is 84.0 Å². The molecule has 36 heteroatoms. The Morgan fingerprint density at radius 3 is 2.08 bits per heavy atom. The molecule has 2 saturated heterocycles. The van der Waals surface area contributed by atoms with Crippen LogP contribution in [0, 0.1) is 12.7 Å². The van der Waals surface area contributed by atoms with Crippen LogP contribution >= 0.6 is 0 Å². The number of carbonyl (C=O) groups excluding carboxylic acids is 11. The van der Waals surface area contributed by atoms with E-state index in [0.29, 0.717) is 57.4 Å². The Morgan fingerprint density at radius 1 is 0.747 bits per heavy atom. The van der Waals surface area contributed by atoms with Gasteiger partial charge in [-0.15, -0.1) is 0 Å². The number of amides is 10. The monoisotopic (exact) mass is 1390 g/mol. The van der Waals surface area contributed by atoms with Gasteiger partial charge in [0.05, 0.1) is 74.3 Å². The first-order valence-electron chi connectivity index (χ1n) is 31.6. The van der Waals surface area contributed by atoms with Gasteiger partial charge in [-0.3, -0.25) is 47.9 Å². The van der Waals surface area contributed by atoms with Gasteiger partial charge < -0.3 is 112 Å². The van der Waals surface area contributed by atoms with Crippen LogP contribution in [-0.2, 0) is 103 Å². The number of esters is 1. The first-order valence-corrected chi connectivity index (χ1v) is 31.6. The van der Waals surface area contributed by atoms with Gasteiger partial charge in [-0.25, -0.2) is 19.0 Å². The van der Waals surface area contributed by atoms with Crippen LogP contribution in [0.3, 0.4) is 0 Å². The maximum absolute atomic E-state index is 15.4. The van der Waals surface area contributed by atoms with Crippen molar-refractivity contribution < 1.29 is 111 Å². The summed E-state index contributed by atoms with van der Waals surface area (Å²) in [6.07, 6.45) is -16.2. The van der Waals surface area contributed by atoms with Crippen molar-refractivity contribution in [3.8, 4) is 11.4 Å². The second-order valence-electron chi connectivity index (χ2n) is 24.3. The van der Waals surface area contributed by atoms with Gasteiger partial charge in [0.1, 0.15) is 80.6 Å². The van der Waals surface area contributed by atoms with Gasteiger partial charge in [-0.1, -0.05) is 37.3 Å². The number of ether oxygens (including phenoxy) is 5. The molecule has 13 atom stereocenters. The van der Waals surface area contributed by atoms with Crippen LogP contribution < -0.4 is 59.1 Å². The number of aryl methyl sites for hydroxylation is 1. The van der Waals surface area contributed by atoms with E-state index >= 15 is 4.39 Å². The molecule has 6 heterocycles. The number of primary amides is 1. The highest BCUT2D eigenvalue weighted by Gasteiger charge is 2.49. The lowest BCUT2D eigenvalue weighted by molar-refractivity contribution is -0.217. The molecular weight excluding hydrogens is 1310 g/mol. The van der Waals surface area contributed by atoms with Crippen molar-refractivity contribution in [2.45, 2.75) is 151 Å². The molecule has 9 rings (SSSR count). The van der Waals surface area contributed by atoms with E-state index in [1.165, 1.54) is 16.7 Å². The number of halogens is 1. The summed E-state index contributed by atoms with van der Waals surface area (Å²) in [4.78, 5) is 161. The molecule has 0 saturated carbocycles. The second kappa shape index (κ2) is 31.9. The Bertz CT molecular complexity index is 3880. The number of aliphatic hydroxyl groups excluding tert-OH is 5. The maximum atomic E-state index is 15.4.